The molecule has 0 radical (unpaired) electrons. The van der Waals surface area contributed by atoms with Gasteiger partial charge < -0.3 is 11.1 Å². The Balaban J connectivity index is 1.82. The van der Waals surface area contributed by atoms with Crippen molar-refractivity contribution >= 4 is 44.1 Å². The largest absolute Gasteiger partial charge is 0.368 e. The minimum absolute atomic E-state index is 0.167. The van der Waals surface area contributed by atoms with Crippen molar-refractivity contribution in [2.75, 3.05) is 0 Å². The summed E-state index contributed by atoms with van der Waals surface area (Å²) >= 11 is 1.50. The summed E-state index contributed by atoms with van der Waals surface area (Å²) in [5.74, 6) is -2.09. The van der Waals surface area contributed by atoms with Crippen LogP contribution in [0.15, 0.2) is 42.5 Å². The molecule has 136 valence electrons. The topological polar surface area (TPSA) is 101 Å². The molecule has 6 nitrogen and oxygen atoms in total. The van der Waals surface area contributed by atoms with E-state index in [1.807, 2.05) is 30.3 Å². The van der Waals surface area contributed by atoms with Crippen LogP contribution in [0.1, 0.15) is 17.3 Å². The molecule has 2 aromatic heterocycles. The highest BCUT2D eigenvalue weighted by Crippen LogP contribution is 2.37. The van der Waals surface area contributed by atoms with E-state index < -0.39 is 23.7 Å². The fraction of sp³-hybridized carbons (Fsp3) is 0.105. The number of fused-ring (bicyclic) bond motifs is 2. The van der Waals surface area contributed by atoms with Crippen LogP contribution in [0.25, 0.3) is 31.6 Å². The normalized spacial score (nSPS) is 12.4. The molecule has 0 spiro atoms. The highest BCUT2D eigenvalue weighted by molar-refractivity contribution is 7.22. The minimum Gasteiger partial charge on any atom is -0.368 e. The highest BCUT2D eigenvalue weighted by Gasteiger charge is 2.22. The van der Waals surface area contributed by atoms with Crippen molar-refractivity contribution in [1.29, 1.82) is 0 Å². The second kappa shape index (κ2) is 6.48. The maximum atomic E-state index is 15.2. The molecule has 2 amide bonds. The monoisotopic (exact) mass is 382 g/mol. The lowest BCUT2D eigenvalue weighted by Gasteiger charge is -2.11. The number of hydrogen-bond donors (Lipinski definition) is 3. The first-order valence-electron chi connectivity index (χ1n) is 8.21. The Labute approximate surface area is 157 Å². The number of hydrogen-bond acceptors (Lipinski definition) is 4. The molecule has 0 bridgehead atoms. The molecular weight excluding hydrogens is 367 g/mol. The minimum atomic E-state index is -0.904. The third-order valence-electron chi connectivity index (χ3n) is 4.34. The van der Waals surface area contributed by atoms with Crippen molar-refractivity contribution in [2.24, 2.45) is 5.73 Å². The van der Waals surface area contributed by atoms with E-state index >= 15 is 4.39 Å². The zero-order valence-corrected chi connectivity index (χ0v) is 15.1. The maximum absolute atomic E-state index is 15.2. The number of aromatic nitrogens is 2. The number of rotatable bonds is 4. The van der Waals surface area contributed by atoms with Crippen molar-refractivity contribution in [1.82, 2.24) is 15.5 Å². The van der Waals surface area contributed by atoms with Crippen LogP contribution in [0.3, 0.4) is 0 Å². The van der Waals surface area contributed by atoms with Gasteiger partial charge in [-0.15, -0.1) is 11.3 Å². The van der Waals surface area contributed by atoms with Gasteiger partial charge in [0.05, 0.1) is 21.3 Å². The number of aromatic amines is 1. The Morgan fingerprint density at radius 1 is 1.26 bits per heavy atom. The average molecular weight is 382 g/mol. The average Bonchev–Trinajstić information content (AvgIpc) is 3.25. The third kappa shape index (κ3) is 2.93. The fourth-order valence-electron chi connectivity index (χ4n) is 2.87. The Kier molecular flexibility index (Phi) is 4.12. The second-order valence-electron chi connectivity index (χ2n) is 6.17. The highest BCUT2D eigenvalue weighted by atomic mass is 32.1. The first-order valence-corrected chi connectivity index (χ1v) is 9.03. The van der Waals surface area contributed by atoms with E-state index in [2.05, 4.69) is 15.5 Å². The lowest BCUT2D eigenvalue weighted by atomic mass is 10.1. The number of thiophene rings is 1. The first kappa shape index (κ1) is 17.2. The standard InChI is InChI=1S/C19H15FN4O2S/c1-9(18(21)25)22-19(26)11-6-7-12-15(16(11)20)17(24-23-12)14-8-10-4-2-3-5-13(10)27-14/h2-9H,1H3,(H2,21,25)(H,22,26)(H,23,24). The molecular formula is C19H15FN4O2S. The number of nitrogens with zero attached hydrogens (tertiary/aromatic N) is 1. The van der Waals surface area contributed by atoms with E-state index in [4.69, 9.17) is 5.73 Å². The molecule has 0 aliphatic carbocycles. The number of H-pyrrole nitrogens is 1. The Morgan fingerprint density at radius 3 is 2.78 bits per heavy atom. The molecule has 27 heavy (non-hydrogen) atoms. The van der Waals surface area contributed by atoms with Gasteiger partial charge in [-0.3, -0.25) is 14.7 Å². The quantitative estimate of drug-likeness (QED) is 0.505. The van der Waals surface area contributed by atoms with Crippen LogP contribution in [0, 0.1) is 5.82 Å². The SMILES string of the molecule is CC(NC(=O)c1ccc2[nH]nc(-c3cc4ccccc4s3)c2c1F)C(N)=O. The Morgan fingerprint density at radius 2 is 2.04 bits per heavy atom. The summed E-state index contributed by atoms with van der Waals surface area (Å²) < 4.78 is 16.2. The molecule has 0 aliphatic rings. The Hall–Kier alpha value is -3.26. The molecule has 4 aromatic rings. The van der Waals surface area contributed by atoms with Crippen molar-refractivity contribution in [3.8, 4) is 10.6 Å². The molecule has 4 N–H and O–H groups in total. The van der Waals surface area contributed by atoms with Crippen molar-refractivity contribution < 1.29 is 14.0 Å². The van der Waals surface area contributed by atoms with Crippen molar-refractivity contribution in [3.63, 3.8) is 0 Å². The first-order chi connectivity index (χ1) is 13.0. The maximum Gasteiger partial charge on any atom is 0.254 e. The van der Waals surface area contributed by atoms with E-state index in [0.29, 0.717) is 11.2 Å². The van der Waals surface area contributed by atoms with Crippen molar-refractivity contribution in [2.45, 2.75) is 13.0 Å². The predicted molar refractivity (Wildman–Crippen MR) is 103 cm³/mol. The number of nitrogens with two attached hydrogens (primary N) is 1. The lowest BCUT2D eigenvalue weighted by Crippen LogP contribution is -2.42. The van der Waals surface area contributed by atoms with Crippen molar-refractivity contribution in [3.05, 3.63) is 53.8 Å². The molecule has 1 atom stereocenters. The number of halogens is 1. The molecule has 2 heterocycles. The summed E-state index contributed by atoms with van der Waals surface area (Å²) in [4.78, 5) is 24.3. The van der Waals surface area contributed by atoms with Crippen LogP contribution in [0.2, 0.25) is 0 Å². The van der Waals surface area contributed by atoms with Gasteiger partial charge in [0.1, 0.15) is 17.6 Å². The van der Waals surface area contributed by atoms with Crippen LogP contribution in [-0.2, 0) is 4.79 Å². The number of benzene rings is 2. The van der Waals surface area contributed by atoms with E-state index in [1.165, 1.54) is 24.3 Å². The van der Waals surface area contributed by atoms with Crippen LogP contribution in [0.5, 0.6) is 0 Å². The van der Waals surface area contributed by atoms with Gasteiger partial charge in [-0.2, -0.15) is 5.10 Å². The number of carbonyl (C=O) groups is 2. The van der Waals surface area contributed by atoms with Crippen LogP contribution < -0.4 is 11.1 Å². The molecule has 0 saturated carbocycles. The summed E-state index contributed by atoms with van der Waals surface area (Å²) in [5, 5.41) is 10.7. The number of carbonyl (C=O) groups excluding carboxylic acids is 2. The van der Waals surface area contributed by atoms with Gasteiger partial charge in [0, 0.05) is 4.70 Å². The van der Waals surface area contributed by atoms with Gasteiger partial charge in [0.2, 0.25) is 5.91 Å². The number of nitrogens with one attached hydrogen (secondary N) is 2. The van der Waals surface area contributed by atoms with Gasteiger partial charge in [0.25, 0.3) is 5.91 Å². The molecule has 0 fully saturated rings. The summed E-state index contributed by atoms with van der Waals surface area (Å²) in [5.41, 5.74) is 5.91. The lowest BCUT2D eigenvalue weighted by molar-refractivity contribution is -0.119. The fourth-order valence-corrected chi connectivity index (χ4v) is 3.93. The van der Waals surface area contributed by atoms with Crippen LogP contribution in [-0.4, -0.2) is 28.1 Å². The zero-order valence-electron chi connectivity index (χ0n) is 14.2. The number of amides is 2. The summed E-state index contributed by atoms with van der Waals surface area (Å²) in [6, 6.07) is 11.8. The van der Waals surface area contributed by atoms with Crippen LogP contribution in [0.4, 0.5) is 4.39 Å². The van der Waals surface area contributed by atoms with E-state index in [-0.39, 0.29) is 10.9 Å². The molecule has 0 saturated heterocycles. The summed E-state index contributed by atoms with van der Waals surface area (Å²) in [7, 11) is 0. The smallest absolute Gasteiger partial charge is 0.254 e. The molecule has 1 unspecified atom stereocenters. The van der Waals surface area contributed by atoms with Gasteiger partial charge in [-0.05, 0) is 36.6 Å². The van der Waals surface area contributed by atoms with Crippen LogP contribution >= 0.6 is 11.3 Å². The zero-order chi connectivity index (χ0) is 19.1. The third-order valence-corrected chi connectivity index (χ3v) is 5.47. The summed E-state index contributed by atoms with van der Waals surface area (Å²) in [6.07, 6.45) is 0. The summed E-state index contributed by atoms with van der Waals surface area (Å²) in [6.45, 7) is 1.44. The van der Waals surface area contributed by atoms with Gasteiger partial charge in [0.15, 0.2) is 0 Å². The van der Waals surface area contributed by atoms with Gasteiger partial charge in [-0.1, -0.05) is 18.2 Å². The van der Waals surface area contributed by atoms with E-state index in [0.717, 1.165) is 15.0 Å². The second-order valence-corrected chi connectivity index (χ2v) is 7.25. The van der Waals surface area contributed by atoms with E-state index in [1.54, 1.807) is 6.07 Å². The number of primary amides is 1. The van der Waals surface area contributed by atoms with E-state index in [9.17, 15) is 9.59 Å². The Bertz CT molecular complexity index is 1160. The molecule has 2 aromatic carbocycles. The van der Waals surface area contributed by atoms with Gasteiger partial charge >= 0.3 is 0 Å². The molecule has 0 aliphatic heterocycles. The molecule has 8 heteroatoms. The molecule has 4 rings (SSSR count). The predicted octanol–water partition coefficient (Wildman–Crippen LogP) is 3.19. The van der Waals surface area contributed by atoms with Gasteiger partial charge in [-0.25, -0.2) is 4.39 Å².